The number of ether oxygens (including phenoxy) is 1. The number of fused-ring (bicyclic) bond motifs is 2. The van der Waals surface area contributed by atoms with Gasteiger partial charge in [0.2, 0.25) is 0 Å². The fraction of sp³-hybridized carbons (Fsp3) is 0.310. The highest BCUT2D eigenvalue weighted by molar-refractivity contribution is 5.95. The smallest absolute Gasteiger partial charge is 0.433 e. The number of alkyl halides is 3. The molecule has 0 aliphatic heterocycles. The van der Waals surface area contributed by atoms with Crippen LogP contribution in [-0.2, 0) is 27.3 Å². The van der Waals surface area contributed by atoms with Crippen molar-refractivity contribution >= 4 is 21.8 Å². The molecular formula is C29H27F3N8O. The van der Waals surface area contributed by atoms with Crippen LogP contribution in [0, 0.1) is 0 Å². The second-order valence-electron chi connectivity index (χ2n) is 10.5. The third-order valence-electron chi connectivity index (χ3n) is 7.56. The zero-order valence-corrected chi connectivity index (χ0v) is 22.9. The lowest BCUT2D eigenvalue weighted by Gasteiger charge is -2.11. The molecule has 4 heterocycles. The number of hydrogen-bond donors (Lipinski definition) is 0. The van der Waals surface area contributed by atoms with E-state index in [2.05, 4.69) is 25.9 Å². The van der Waals surface area contributed by atoms with E-state index in [1.807, 2.05) is 51.5 Å². The van der Waals surface area contributed by atoms with Gasteiger partial charge in [-0.3, -0.25) is 9.36 Å². The van der Waals surface area contributed by atoms with Crippen LogP contribution in [-0.4, -0.2) is 45.5 Å². The normalized spacial score (nSPS) is 14.0. The molecule has 6 aromatic rings. The van der Waals surface area contributed by atoms with Crippen molar-refractivity contribution < 1.29 is 17.9 Å². The van der Waals surface area contributed by atoms with Crippen molar-refractivity contribution in [2.75, 3.05) is 6.61 Å². The molecule has 4 aromatic heterocycles. The molecule has 9 nitrogen and oxygen atoms in total. The summed E-state index contributed by atoms with van der Waals surface area (Å²) < 4.78 is 52.5. The number of imidazole rings is 1. The molecule has 0 amide bonds. The summed E-state index contributed by atoms with van der Waals surface area (Å²) in [4.78, 5) is 5.20. The number of benzene rings is 2. The van der Waals surface area contributed by atoms with Gasteiger partial charge in [-0.25, -0.2) is 9.67 Å². The minimum absolute atomic E-state index is 0.0947. The van der Waals surface area contributed by atoms with Gasteiger partial charge >= 0.3 is 6.18 Å². The van der Waals surface area contributed by atoms with Crippen LogP contribution in [0.25, 0.3) is 50.3 Å². The quantitative estimate of drug-likeness (QED) is 0.249. The van der Waals surface area contributed by atoms with Gasteiger partial charge in [-0.05, 0) is 31.9 Å². The molecule has 0 spiro atoms. The molecule has 0 bridgehead atoms. The maximum atomic E-state index is 13.4. The molecule has 12 heteroatoms. The van der Waals surface area contributed by atoms with Crippen molar-refractivity contribution in [1.82, 2.24) is 38.9 Å². The Labute approximate surface area is 232 Å². The van der Waals surface area contributed by atoms with E-state index in [1.165, 1.54) is 11.7 Å². The maximum absolute atomic E-state index is 13.4. The van der Waals surface area contributed by atoms with Crippen molar-refractivity contribution in [1.29, 1.82) is 0 Å². The van der Waals surface area contributed by atoms with E-state index < -0.39 is 11.9 Å². The standard InChI is InChI=1S/C29H27F3N8O/c1-5-41-23-12-22-17(14-37(2)34-22)11-19(23)28-33-26(27(38(28)3)16-9-10-16)18-7-6-8-21-20(18)15-40(35-21)25-13-24(29(30,31)32)39(4)36-25/h6-8,11-16H,5,9-10H2,1-4H3. The Morgan fingerprint density at radius 2 is 1.76 bits per heavy atom. The topological polar surface area (TPSA) is 80.5 Å². The van der Waals surface area contributed by atoms with E-state index in [9.17, 15) is 13.2 Å². The summed E-state index contributed by atoms with van der Waals surface area (Å²) >= 11 is 0. The Balaban J connectivity index is 1.40. The zero-order chi connectivity index (χ0) is 28.6. The second kappa shape index (κ2) is 8.95. The van der Waals surface area contributed by atoms with E-state index >= 15 is 0 Å². The fourth-order valence-corrected chi connectivity index (χ4v) is 5.60. The number of halogens is 3. The van der Waals surface area contributed by atoms with Crippen molar-refractivity contribution in [2.24, 2.45) is 21.1 Å². The Hall–Kier alpha value is -4.61. The van der Waals surface area contributed by atoms with Crippen LogP contribution in [0.15, 0.2) is 48.8 Å². The number of nitrogens with zero attached hydrogens (tertiary/aromatic N) is 8. The molecule has 1 aliphatic carbocycles. The first kappa shape index (κ1) is 25.4. The van der Waals surface area contributed by atoms with Gasteiger partial charge in [-0.1, -0.05) is 12.1 Å². The summed E-state index contributed by atoms with van der Waals surface area (Å²) in [7, 11) is 5.19. The van der Waals surface area contributed by atoms with E-state index in [0.717, 1.165) is 68.2 Å². The molecule has 0 saturated heterocycles. The van der Waals surface area contributed by atoms with Crippen LogP contribution >= 0.6 is 0 Å². The fourth-order valence-electron chi connectivity index (χ4n) is 5.60. The molecule has 1 saturated carbocycles. The molecule has 7 rings (SSSR count). The highest BCUT2D eigenvalue weighted by Gasteiger charge is 2.36. The summed E-state index contributed by atoms with van der Waals surface area (Å²) in [5, 5.41) is 14.9. The Morgan fingerprint density at radius 3 is 2.46 bits per heavy atom. The zero-order valence-electron chi connectivity index (χ0n) is 22.9. The van der Waals surface area contributed by atoms with Gasteiger partial charge in [0.15, 0.2) is 5.82 Å². The molecule has 1 fully saturated rings. The van der Waals surface area contributed by atoms with Gasteiger partial charge in [0.25, 0.3) is 0 Å². The van der Waals surface area contributed by atoms with E-state index in [4.69, 9.17) is 9.72 Å². The predicted octanol–water partition coefficient (Wildman–Crippen LogP) is 6.01. The summed E-state index contributed by atoms with van der Waals surface area (Å²) in [5.41, 5.74) is 4.34. The first-order valence-electron chi connectivity index (χ1n) is 13.4. The third-order valence-corrected chi connectivity index (χ3v) is 7.56. The molecule has 0 radical (unpaired) electrons. The Bertz CT molecular complexity index is 1950. The first-order valence-corrected chi connectivity index (χ1v) is 13.4. The van der Waals surface area contributed by atoms with E-state index in [-0.39, 0.29) is 5.82 Å². The minimum atomic E-state index is -4.51. The van der Waals surface area contributed by atoms with Gasteiger partial charge in [0.05, 0.1) is 28.9 Å². The second-order valence-corrected chi connectivity index (χ2v) is 10.5. The number of aromatic nitrogens is 8. The predicted molar refractivity (Wildman–Crippen MR) is 148 cm³/mol. The van der Waals surface area contributed by atoms with Crippen LogP contribution in [0.1, 0.15) is 37.1 Å². The van der Waals surface area contributed by atoms with Crippen molar-refractivity contribution in [3.63, 3.8) is 0 Å². The van der Waals surface area contributed by atoms with Gasteiger partial charge in [-0.2, -0.15) is 28.5 Å². The number of hydrogen-bond acceptors (Lipinski definition) is 5. The van der Waals surface area contributed by atoms with Crippen LogP contribution in [0.4, 0.5) is 13.2 Å². The average Bonchev–Trinajstić information content (AvgIpc) is 3.22. The molecule has 1 aliphatic rings. The minimum Gasteiger partial charge on any atom is -0.493 e. The molecular weight excluding hydrogens is 533 g/mol. The summed E-state index contributed by atoms with van der Waals surface area (Å²) in [6.45, 7) is 2.45. The average molecular weight is 561 g/mol. The molecule has 2 aromatic carbocycles. The van der Waals surface area contributed by atoms with Crippen LogP contribution in [0.2, 0.25) is 0 Å². The lowest BCUT2D eigenvalue weighted by atomic mass is 10.0. The Kier molecular flexibility index (Phi) is 5.54. The summed E-state index contributed by atoms with van der Waals surface area (Å²) in [6.07, 6.45) is 1.31. The molecule has 0 atom stereocenters. The van der Waals surface area contributed by atoms with Gasteiger partial charge < -0.3 is 9.30 Å². The highest BCUT2D eigenvalue weighted by Crippen LogP contribution is 2.47. The lowest BCUT2D eigenvalue weighted by molar-refractivity contribution is -0.143. The maximum Gasteiger partial charge on any atom is 0.433 e. The highest BCUT2D eigenvalue weighted by atomic mass is 19.4. The van der Waals surface area contributed by atoms with E-state index in [0.29, 0.717) is 23.8 Å². The molecule has 0 N–H and O–H groups in total. The Morgan fingerprint density at radius 1 is 0.951 bits per heavy atom. The molecule has 41 heavy (non-hydrogen) atoms. The first-order chi connectivity index (χ1) is 19.6. The van der Waals surface area contributed by atoms with Crippen molar-refractivity contribution in [2.45, 2.75) is 31.9 Å². The van der Waals surface area contributed by atoms with Crippen LogP contribution in [0.3, 0.4) is 0 Å². The molecule has 0 unspecified atom stereocenters. The van der Waals surface area contributed by atoms with Crippen LogP contribution < -0.4 is 4.74 Å². The SMILES string of the molecule is CCOc1cc2nn(C)cc2cc1-c1nc(-c2cccc3nn(-c4cc(C(F)(F)F)n(C)n4)cc23)c(C2CC2)n1C. The third kappa shape index (κ3) is 4.16. The molecule has 210 valence electrons. The van der Waals surface area contributed by atoms with Crippen molar-refractivity contribution in [3.8, 4) is 34.2 Å². The number of aryl methyl sites for hydroxylation is 2. The lowest BCUT2D eigenvalue weighted by Crippen LogP contribution is -2.11. The number of rotatable bonds is 6. The van der Waals surface area contributed by atoms with E-state index in [1.54, 1.807) is 10.9 Å². The van der Waals surface area contributed by atoms with Crippen molar-refractivity contribution in [3.05, 3.63) is 60.2 Å². The van der Waals surface area contributed by atoms with Gasteiger partial charge in [0.1, 0.15) is 17.3 Å². The van der Waals surface area contributed by atoms with Gasteiger partial charge in [0, 0.05) is 73.6 Å². The monoisotopic (exact) mass is 560 g/mol. The van der Waals surface area contributed by atoms with Gasteiger partial charge in [-0.15, -0.1) is 0 Å². The summed E-state index contributed by atoms with van der Waals surface area (Å²) in [5.74, 6) is 1.95. The largest absolute Gasteiger partial charge is 0.493 e. The summed E-state index contributed by atoms with van der Waals surface area (Å²) in [6, 6.07) is 10.7. The van der Waals surface area contributed by atoms with Crippen LogP contribution in [0.5, 0.6) is 5.75 Å².